The SMILES string of the molecule is CC(C)CNC(=O)c1ccc2c(=O)n(CC(C)C)c3nnc(SCc4ccccc4Cl)n3c2c1. The molecule has 0 bridgehead atoms. The van der Waals surface area contributed by atoms with Crippen molar-refractivity contribution in [3.05, 3.63) is 69.0 Å². The van der Waals surface area contributed by atoms with Crippen LogP contribution in [0.5, 0.6) is 0 Å². The standard InChI is InChI=1S/C25H28ClN5O2S/c1-15(2)12-27-22(32)17-9-10-19-21(11-17)31-24(30(23(19)33)13-16(3)4)28-29-25(31)34-14-18-7-5-6-8-20(18)26/h5-11,15-16H,12-14H2,1-4H3,(H,27,32). The number of hydrogen-bond acceptors (Lipinski definition) is 5. The Labute approximate surface area is 207 Å². The summed E-state index contributed by atoms with van der Waals surface area (Å²) in [5.74, 6) is 1.47. The second-order valence-corrected chi connectivity index (χ2v) is 10.5. The number of halogens is 1. The molecule has 2 aromatic carbocycles. The maximum atomic E-state index is 13.4. The number of hydrogen-bond donors (Lipinski definition) is 1. The fourth-order valence-corrected chi connectivity index (χ4v) is 4.93. The van der Waals surface area contributed by atoms with Gasteiger partial charge in [0.05, 0.1) is 10.9 Å². The van der Waals surface area contributed by atoms with Gasteiger partial charge in [0, 0.05) is 29.4 Å². The summed E-state index contributed by atoms with van der Waals surface area (Å²) < 4.78 is 3.54. The van der Waals surface area contributed by atoms with Crippen molar-refractivity contribution >= 4 is 46.0 Å². The summed E-state index contributed by atoms with van der Waals surface area (Å²) in [5, 5.41) is 13.6. The van der Waals surface area contributed by atoms with E-state index in [1.54, 1.807) is 22.8 Å². The number of fused-ring (bicyclic) bond motifs is 3. The monoisotopic (exact) mass is 497 g/mol. The molecule has 0 spiro atoms. The van der Waals surface area contributed by atoms with E-state index in [1.165, 1.54) is 11.8 Å². The minimum atomic E-state index is -0.173. The smallest absolute Gasteiger partial charge is 0.262 e. The van der Waals surface area contributed by atoms with E-state index in [-0.39, 0.29) is 17.4 Å². The first-order valence-electron chi connectivity index (χ1n) is 11.3. The zero-order valence-corrected chi connectivity index (χ0v) is 21.3. The Morgan fingerprint density at radius 2 is 1.85 bits per heavy atom. The number of aromatic nitrogens is 4. The van der Waals surface area contributed by atoms with Crippen LogP contribution in [0, 0.1) is 11.8 Å². The van der Waals surface area contributed by atoms with Crippen molar-refractivity contribution in [2.75, 3.05) is 6.54 Å². The lowest BCUT2D eigenvalue weighted by Gasteiger charge is -2.14. The van der Waals surface area contributed by atoms with Crippen molar-refractivity contribution in [2.45, 2.75) is 45.1 Å². The molecule has 0 unspecified atom stereocenters. The highest BCUT2D eigenvalue weighted by molar-refractivity contribution is 7.98. The third-order valence-electron chi connectivity index (χ3n) is 5.37. The van der Waals surface area contributed by atoms with Crippen molar-refractivity contribution in [1.82, 2.24) is 24.5 Å². The first-order valence-corrected chi connectivity index (χ1v) is 12.7. The zero-order valence-electron chi connectivity index (χ0n) is 19.7. The second kappa shape index (κ2) is 10.2. The van der Waals surface area contributed by atoms with Crippen LogP contribution < -0.4 is 10.9 Å². The highest BCUT2D eigenvalue weighted by Gasteiger charge is 2.19. The molecule has 0 fully saturated rings. The summed E-state index contributed by atoms with van der Waals surface area (Å²) in [6.07, 6.45) is 0. The molecule has 178 valence electrons. The molecular weight excluding hydrogens is 470 g/mol. The van der Waals surface area contributed by atoms with Gasteiger partial charge in [-0.1, -0.05) is 69.3 Å². The molecular formula is C25H28ClN5O2S. The molecule has 7 nitrogen and oxygen atoms in total. The molecule has 0 aliphatic heterocycles. The number of carbonyl (C=O) groups is 1. The third kappa shape index (κ3) is 4.98. The molecule has 4 aromatic rings. The average Bonchev–Trinajstić information content (AvgIpc) is 3.23. The Kier molecular flexibility index (Phi) is 7.28. The van der Waals surface area contributed by atoms with Crippen molar-refractivity contribution in [1.29, 1.82) is 0 Å². The maximum Gasteiger partial charge on any atom is 0.262 e. The summed E-state index contributed by atoms with van der Waals surface area (Å²) in [7, 11) is 0. The normalized spacial score (nSPS) is 11.7. The Bertz CT molecular complexity index is 1410. The number of nitrogens with one attached hydrogen (secondary N) is 1. The number of rotatable bonds is 8. The lowest BCUT2D eigenvalue weighted by atomic mass is 10.1. The molecule has 9 heteroatoms. The van der Waals surface area contributed by atoms with Gasteiger partial charge in [-0.2, -0.15) is 0 Å². The van der Waals surface area contributed by atoms with E-state index in [1.807, 2.05) is 42.5 Å². The molecule has 2 heterocycles. The molecule has 0 saturated heterocycles. The summed E-state index contributed by atoms with van der Waals surface area (Å²) >= 11 is 7.83. The summed E-state index contributed by atoms with van der Waals surface area (Å²) in [6.45, 7) is 9.29. The Morgan fingerprint density at radius 3 is 2.56 bits per heavy atom. The third-order valence-corrected chi connectivity index (χ3v) is 6.71. The minimum Gasteiger partial charge on any atom is -0.352 e. The predicted octanol–water partition coefficient (Wildman–Crippen LogP) is 5.03. The quantitative estimate of drug-likeness (QED) is 0.345. The lowest BCUT2D eigenvalue weighted by Crippen LogP contribution is -2.28. The molecule has 1 amide bonds. The largest absolute Gasteiger partial charge is 0.352 e. The van der Waals surface area contributed by atoms with Gasteiger partial charge in [0.25, 0.3) is 11.5 Å². The molecule has 0 aliphatic rings. The highest BCUT2D eigenvalue weighted by Crippen LogP contribution is 2.28. The average molecular weight is 498 g/mol. The van der Waals surface area contributed by atoms with Gasteiger partial charge in [0.2, 0.25) is 5.78 Å². The van der Waals surface area contributed by atoms with Crippen LogP contribution in [0.25, 0.3) is 16.7 Å². The first-order chi connectivity index (χ1) is 16.3. The zero-order chi connectivity index (χ0) is 24.4. The van der Waals surface area contributed by atoms with Crippen LogP contribution in [0.15, 0.2) is 52.4 Å². The molecule has 2 aromatic heterocycles. The van der Waals surface area contributed by atoms with Gasteiger partial charge in [-0.3, -0.25) is 18.6 Å². The molecule has 0 atom stereocenters. The summed E-state index contributed by atoms with van der Waals surface area (Å²) in [6, 6.07) is 12.8. The van der Waals surface area contributed by atoms with Gasteiger partial charge in [0.15, 0.2) is 5.16 Å². The fraction of sp³-hybridized carbons (Fsp3) is 0.360. The van der Waals surface area contributed by atoms with Crippen molar-refractivity contribution in [3.63, 3.8) is 0 Å². The van der Waals surface area contributed by atoms with Crippen LogP contribution in [0.4, 0.5) is 0 Å². The van der Waals surface area contributed by atoms with Crippen LogP contribution in [-0.4, -0.2) is 31.6 Å². The maximum absolute atomic E-state index is 13.4. The van der Waals surface area contributed by atoms with Crippen LogP contribution >= 0.6 is 23.4 Å². The van der Waals surface area contributed by atoms with Crippen LogP contribution in [0.1, 0.15) is 43.6 Å². The minimum absolute atomic E-state index is 0.139. The molecule has 4 rings (SSSR count). The van der Waals surface area contributed by atoms with Gasteiger partial charge >= 0.3 is 0 Å². The molecule has 0 aliphatic carbocycles. The molecule has 34 heavy (non-hydrogen) atoms. The van der Waals surface area contributed by atoms with Crippen LogP contribution in [0.3, 0.4) is 0 Å². The van der Waals surface area contributed by atoms with E-state index in [9.17, 15) is 9.59 Å². The number of benzene rings is 2. The Morgan fingerprint density at radius 1 is 1.09 bits per heavy atom. The van der Waals surface area contributed by atoms with E-state index >= 15 is 0 Å². The number of amides is 1. The number of carbonyl (C=O) groups excluding carboxylic acids is 1. The number of nitrogens with zero attached hydrogens (tertiary/aromatic N) is 4. The van der Waals surface area contributed by atoms with Gasteiger partial charge in [0.1, 0.15) is 0 Å². The summed E-state index contributed by atoms with van der Waals surface area (Å²) in [4.78, 5) is 26.1. The van der Waals surface area contributed by atoms with E-state index in [2.05, 4.69) is 29.4 Å². The van der Waals surface area contributed by atoms with Gasteiger partial charge in [-0.25, -0.2) is 0 Å². The second-order valence-electron chi connectivity index (χ2n) is 9.14. The van der Waals surface area contributed by atoms with Crippen molar-refractivity contribution < 1.29 is 4.79 Å². The van der Waals surface area contributed by atoms with Crippen LogP contribution in [-0.2, 0) is 12.3 Å². The van der Waals surface area contributed by atoms with E-state index in [0.29, 0.717) is 57.2 Å². The molecule has 0 radical (unpaired) electrons. The Balaban J connectivity index is 1.85. The van der Waals surface area contributed by atoms with E-state index < -0.39 is 0 Å². The van der Waals surface area contributed by atoms with Gasteiger partial charge < -0.3 is 5.32 Å². The fourth-order valence-electron chi connectivity index (χ4n) is 3.70. The number of thioether (sulfide) groups is 1. The van der Waals surface area contributed by atoms with Gasteiger partial charge in [-0.15, -0.1) is 10.2 Å². The van der Waals surface area contributed by atoms with E-state index in [4.69, 9.17) is 11.6 Å². The lowest BCUT2D eigenvalue weighted by molar-refractivity contribution is 0.0949. The topological polar surface area (TPSA) is 81.3 Å². The first kappa shape index (κ1) is 24.3. The molecule has 0 saturated carbocycles. The summed E-state index contributed by atoms with van der Waals surface area (Å²) in [5.41, 5.74) is 1.95. The van der Waals surface area contributed by atoms with E-state index in [0.717, 1.165) is 5.56 Å². The molecule has 1 N–H and O–H groups in total. The Hall–Kier alpha value is -2.84. The van der Waals surface area contributed by atoms with Crippen LogP contribution in [0.2, 0.25) is 5.02 Å². The van der Waals surface area contributed by atoms with Crippen molar-refractivity contribution in [2.24, 2.45) is 11.8 Å². The van der Waals surface area contributed by atoms with Crippen molar-refractivity contribution in [3.8, 4) is 0 Å². The van der Waals surface area contributed by atoms with Gasteiger partial charge in [-0.05, 0) is 41.7 Å². The predicted molar refractivity (Wildman–Crippen MR) is 138 cm³/mol. The highest BCUT2D eigenvalue weighted by atomic mass is 35.5.